The van der Waals surface area contributed by atoms with Crippen molar-refractivity contribution in [1.82, 2.24) is 14.5 Å². The molecule has 0 aromatic heterocycles. The van der Waals surface area contributed by atoms with Gasteiger partial charge in [0.15, 0.2) is 0 Å². The fourth-order valence-electron chi connectivity index (χ4n) is 3.20. The summed E-state index contributed by atoms with van der Waals surface area (Å²) in [5.41, 5.74) is 0. The van der Waals surface area contributed by atoms with E-state index in [2.05, 4.69) is 9.62 Å². The minimum Gasteiger partial charge on any atom is -0.480 e. The van der Waals surface area contributed by atoms with Gasteiger partial charge in [0, 0.05) is 19.1 Å². The van der Waals surface area contributed by atoms with Gasteiger partial charge in [-0.3, -0.25) is 9.69 Å². The summed E-state index contributed by atoms with van der Waals surface area (Å²) in [4.78, 5) is 15.4. The second-order valence-electron chi connectivity index (χ2n) is 6.24. The van der Waals surface area contributed by atoms with E-state index in [0.717, 1.165) is 32.5 Å². The van der Waals surface area contributed by atoms with Crippen molar-refractivity contribution in [3.05, 3.63) is 30.3 Å². The fourth-order valence-corrected chi connectivity index (χ4v) is 4.24. The van der Waals surface area contributed by atoms with E-state index in [1.165, 1.54) is 0 Å². The highest BCUT2D eigenvalue weighted by Crippen LogP contribution is 2.16. The lowest BCUT2D eigenvalue weighted by Crippen LogP contribution is -2.47. The van der Waals surface area contributed by atoms with E-state index in [-0.39, 0.29) is 11.4 Å². The first-order valence-electron chi connectivity index (χ1n) is 8.65. The summed E-state index contributed by atoms with van der Waals surface area (Å²) in [6.45, 7) is 5.53. The maximum absolute atomic E-state index is 12.2. The van der Waals surface area contributed by atoms with Gasteiger partial charge in [0.1, 0.15) is 0 Å². The number of nitrogens with one attached hydrogen (secondary N) is 1. The van der Waals surface area contributed by atoms with Crippen LogP contribution in [0.5, 0.6) is 0 Å². The number of likely N-dealkylation sites (N-methyl/N-ethyl adjacent to an activating group) is 1. The highest BCUT2D eigenvalue weighted by molar-refractivity contribution is 7.89. The van der Waals surface area contributed by atoms with Crippen LogP contribution in [0.15, 0.2) is 35.2 Å². The van der Waals surface area contributed by atoms with Gasteiger partial charge in [0.05, 0.1) is 11.4 Å². The van der Waals surface area contributed by atoms with Crippen LogP contribution >= 0.6 is 0 Å². The molecular formula is C17H27N3O4S. The second kappa shape index (κ2) is 9.28. The number of likely N-dealkylation sites (tertiary alicyclic amines) is 1. The standard InChI is InChI=1S/C17H27N3O4S/c1-2-20(14-17(21)22)15-8-11-19(12-9-15)13-10-18-25(23,24)16-6-4-3-5-7-16/h3-7,15,18H,2,8-14H2,1H3,(H,21,22). The second-order valence-corrected chi connectivity index (χ2v) is 8.01. The molecular weight excluding hydrogens is 342 g/mol. The first-order valence-corrected chi connectivity index (χ1v) is 10.1. The lowest BCUT2D eigenvalue weighted by Gasteiger charge is -2.37. The number of hydrogen-bond donors (Lipinski definition) is 2. The van der Waals surface area contributed by atoms with Crippen LogP contribution < -0.4 is 4.72 Å². The third-order valence-corrected chi connectivity index (χ3v) is 6.07. The van der Waals surface area contributed by atoms with Gasteiger partial charge in [0.2, 0.25) is 10.0 Å². The van der Waals surface area contributed by atoms with Crippen LogP contribution in [-0.4, -0.2) is 74.6 Å². The van der Waals surface area contributed by atoms with Gasteiger partial charge in [-0.25, -0.2) is 13.1 Å². The molecule has 2 N–H and O–H groups in total. The number of benzene rings is 1. The van der Waals surface area contributed by atoms with Gasteiger partial charge < -0.3 is 10.0 Å². The Labute approximate surface area is 149 Å². The molecule has 1 aromatic carbocycles. The minimum atomic E-state index is -3.45. The quantitative estimate of drug-likeness (QED) is 0.670. The van der Waals surface area contributed by atoms with Gasteiger partial charge in [0.25, 0.3) is 0 Å². The SMILES string of the molecule is CCN(CC(=O)O)C1CCN(CCNS(=O)(=O)c2ccccc2)CC1. The Morgan fingerprint density at radius 1 is 1.28 bits per heavy atom. The Hall–Kier alpha value is -1.48. The van der Waals surface area contributed by atoms with Crippen LogP contribution in [0.1, 0.15) is 19.8 Å². The highest BCUT2D eigenvalue weighted by Gasteiger charge is 2.25. The van der Waals surface area contributed by atoms with Gasteiger partial charge in [-0.2, -0.15) is 0 Å². The summed E-state index contributed by atoms with van der Waals surface area (Å²) >= 11 is 0. The third kappa shape index (κ3) is 6.07. The van der Waals surface area contributed by atoms with Crippen molar-refractivity contribution < 1.29 is 18.3 Å². The predicted octanol–water partition coefficient (Wildman–Crippen LogP) is 0.836. The van der Waals surface area contributed by atoms with E-state index in [1.54, 1.807) is 30.3 Å². The summed E-state index contributed by atoms with van der Waals surface area (Å²) in [6, 6.07) is 8.64. The maximum atomic E-state index is 12.2. The van der Waals surface area contributed by atoms with Crippen LogP contribution in [0, 0.1) is 0 Å². The van der Waals surface area contributed by atoms with Crippen molar-refractivity contribution in [2.75, 3.05) is 39.3 Å². The van der Waals surface area contributed by atoms with Gasteiger partial charge in [-0.15, -0.1) is 0 Å². The Bertz CT molecular complexity index is 643. The first kappa shape index (κ1) is 19.8. The van der Waals surface area contributed by atoms with E-state index >= 15 is 0 Å². The average molecular weight is 369 g/mol. The van der Waals surface area contributed by atoms with Crippen molar-refractivity contribution in [3.8, 4) is 0 Å². The molecule has 7 nitrogen and oxygen atoms in total. The summed E-state index contributed by atoms with van der Waals surface area (Å²) in [5.74, 6) is -0.792. The van der Waals surface area contributed by atoms with Crippen molar-refractivity contribution in [2.24, 2.45) is 0 Å². The van der Waals surface area contributed by atoms with E-state index in [1.807, 2.05) is 11.8 Å². The maximum Gasteiger partial charge on any atom is 0.317 e. The number of piperidine rings is 1. The molecule has 0 spiro atoms. The Balaban J connectivity index is 1.74. The molecule has 2 rings (SSSR count). The Kier molecular flexibility index (Phi) is 7.37. The zero-order valence-corrected chi connectivity index (χ0v) is 15.4. The smallest absolute Gasteiger partial charge is 0.317 e. The van der Waals surface area contributed by atoms with Crippen molar-refractivity contribution in [2.45, 2.75) is 30.7 Å². The van der Waals surface area contributed by atoms with Crippen LogP contribution in [0.2, 0.25) is 0 Å². The number of sulfonamides is 1. The molecule has 0 unspecified atom stereocenters. The van der Waals surface area contributed by atoms with E-state index in [4.69, 9.17) is 5.11 Å². The van der Waals surface area contributed by atoms with Crippen LogP contribution in [0.25, 0.3) is 0 Å². The van der Waals surface area contributed by atoms with E-state index in [0.29, 0.717) is 19.1 Å². The van der Waals surface area contributed by atoms with E-state index < -0.39 is 16.0 Å². The Morgan fingerprint density at radius 3 is 2.48 bits per heavy atom. The molecule has 25 heavy (non-hydrogen) atoms. The first-order chi connectivity index (χ1) is 11.9. The summed E-state index contributed by atoms with van der Waals surface area (Å²) in [5, 5.41) is 8.97. The average Bonchev–Trinajstić information content (AvgIpc) is 2.61. The number of rotatable bonds is 9. The normalized spacial score (nSPS) is 17.0. The number of aliphatic carboxylic acids is 1. The largest absolute Gasteiger partial charge is 0.480 e. The Morgan fingerprint density at radius 2 is 1.92 bits per heavy atom. The number of carboxylic acids is 1. The molecule has 0 radical (unpaired) electrons. The number of carboxylic acid groups (broad SMARTS) is 1. The summed E-state index contributed by atoms with van der Waals surface area (Å²) < 4.78 is 27.0. The monoisotopic (exact) mass is 369 g/mol. The number of hydrogen-bond acceptors (Lipinski definition) is 5. The van der Waals surface area contributed by atoms with Gasteiger partial charge >= 0.3 is 5.97 Å². The minimum absolute atomic E-state index is 0.0814. The van der Waals surface area contributed by atoms with Crippen LogP contribution in [-0.2, 0) is 14.8 Å². The molecule has 1 aromatic rings. The molecule has 0 bridgehead atoms. The fraction of sp³-hybridized carbons (Fsp3) is 0.588. The van der Waals surface area contributed by atoms with Gasteiger partial charge in [-0.05, 0) is 44.6 Å². The molecule has 0 atom stereocenters. The van der Waals surface area contributed by atoms with Crippen molar-refractivity contribution in [3.63, 3.8) is 0 Å². The molecule has 0 aliphatic carbocycles. The van der Waals surface area contributed by atoms with Crippen LogP contribution in [0.4, 0.5) is 0 Å². The topological polar surface area (TPSA) is 90.0 Å². The number of nitrogens with zero attached hydrogens (tertiary/aromatic N) is 2. The molecule has 1 heterocycles. The van der Waals surface area contributed by atoms with Crippen molar-refractivity contribution in [1.29, 1.82) is 0 Å². The predicted molar refractivity (Wildman–Crippen MR) is 96.0 cm³/mol. The molecule has 1 saturated heterocycles. The van der Waals surface area contributed by atoms with Crippen LogP contribution in [0.3, 0.4) is 0 Å². The molecule has 140 valence electrons. The third-order valence-electron chi connectivity index (χ3n) is 4.59. The van der Waals surface area contributed by atoms with Crippen molar-refractivity contribution >= 4 is 16.0 Å². The molecule has 0 amide bonds. The summed E-state index contributed by atoms with van der Waals surface area (Å²) in [6.07, 6.45) is 1.82. The lowest BCUT2D eigenvalue weighted by molar-refractivity contribution is -0.139. The zero-order chi connectivity index (χ0) is 18.3. The molecule has 8 heteroatoms. The highest BCUT2D eigenvalue weighted by atomic mass is 32.2. The number of carbonyl (C=O) groups is 1. The molecule has 1 aliphatic rings. The summed E-state index contributed by atoms with van der Waals surface area (Å²) in [7, 11) is -3.45. The zero-order valence-electron chi connectivity index (χ0n) is 14.6. The van der Waals surface area contributed by atoms with Gasteiger partial charge in [-0.1, -0.05) is 25.1 Å². The lowest BCUT2D eigenvalue weighted by atomic mass is 10.0. The molecule has 1 aliphatic heterocycles. The molecule has 0 saturated carbocycles. The molecule has 1 fully saturated rings. The van der Waals surface area contributed by atoms with E-state index in [9.17, 15) is 13.2 Å².